The van der Waals surface area contributed by atoms with Gasteiger partial charge in [0.2, 0.25) is 5.88 Å². The van der Waals surface area contributed by atoms with Crippen LogP contribution in [0.3, 0.4) is 0 Å². The molecule has 0 atom stereocenters. The molecule has 0 amide bonds. The maximum absolute atomic E-state index is 11.9. The summed E-state index contributed by atoms with van der Waals surface area (Å²) in [6.45, 7) is 1.97. The van der Waals surface area contributed by atoms with Gasteiger partial charge in [-0.3, -0.25) is 0 Å². The number of halogens is 3. The molecule has 0 bridgehead atoms. The lowest BCUT2D eigenvalue weighted by atomic mass is 10.4. The van der Waals surface area contributed by atoms with Gasteiger partial charge in [-0.05, 0) is 18.2 Å². The van der Waals surface area contributed by atoms with E-state index in [1.54, 1.807) is 6.07 Å². The zero-order valence-corrected chi connectivity index (χ0v) is 9.73. The number of nitriles is 1. The lowest BCUT2D eigenvalue weighted by molar-refractivity contribution is -0.276. The first-order valence-corrected chi connectivity index (χ1v) is 5.74. The molecule has 0 N–H and O–H groups in total. The number of alkyl halides is 3. The topological polar surface area (TPSA) is 45.9 Å². The van der Waals surface area contributed by atoms with Crippen molar-refractivity contribution in [2.75, 3.05) is 5.75 Å². The lowest BCUT2D eigenvalue weighted by Crippen LogP contribution is -2.18. The summed E-state index contributed by atoms with van der Waals surface area (Å²) < 4.78 is 39.4. The van der Waals surface area contributed by atoms with Crippen LogP contribution in [0, 0.1) is 11.3 Å². The maximum Gasteiger partial charge on any atom is 0.574 e. The van der Waals surface area contributed by atoms with Gasteiger partial charge in [-0.15, -0.1) is 24.9 Å². The Morgan fingerprint density at radius 1 is 1.47 bits per heavy atom. The number of ether oxygens (including phenoxy) is 1. The van der Waals surface area contributed by atoms with Gasteiger partial charge in [0.15, 0.2) is 5.69 Å². The van der Waals surface area contributed by atoms with E-state index < -0.39 is 12.2 Å². The van der Waals surface area contributed by atoms with Crippen LogP contribution < -0.4 is 4.74 Å². The Bertz CT molecular complexity index is 429. The van der Waals surface area contributed by atoms with E-state index in [0.717, 1.165) is 18.2 Å². The summed E-state index contributed by atoms with van der Waals surface area (Å²) in [7, 11) is 0. The second-order valence-electron chi connectivity index (χ2n) is 3.00. The molecule has 0 aliphatic heterocycles. The van der Waals surface area contributed by atoms with Gasteiger partial charge in [-0.25, -0.2) is 4.98 Å². The van der Waals surface area contributed by atoms with Crippen molar-refractivity contribution in [1.82, 2.24) is 4.98 Å². The molecule has 0 spiro atoms. The fraction of sp³-hybridized carbons (Fsp3) is 0.400. The third-order valence-electron chi connectivity index (χ3n) is 1.62. The van der Waals surface area contributed by atoms with Crippen LogP contribution in [0.25, 0.3) is 0 Å². The van der Waals surface area contributed by atoms with Crippen molar-refractivity contribution in [3.8, 4) is 11.9 Å². The molecule has 0 saturated carbocycles. The molecule has 0 aromatic carbocycles. The molecule has 1 aromatic rings. The van der Waals surface area contributed by atoms with Gasteiger partial charge in [-0.1, -0.05) is 6.92 Å². The molecule has 0 unspecified atom stereocenters. The van der Waals surface area contributed by atoms with Gasteiger partial charge >= 0.3 is 6.36 Å². The van der Waals surface area contributed by atoms with Crippen molar-refractivity contribution in [2.24, 2.45) is 0 Å². The average molecular weight is 262 g/mol. The molecule has 7 heteroatoms. The highest BCUT2D eigenvalue weighted by atomic mass is 32.2. The summed E-state index contributed by atoms with van der Waals surface area (Å²) in [5, 5.41) is 8.78. The number of thioether (sulfide) groups is 1. The predicted octanol–water partition coefficient (Wildman–Crippen LogP) is 3.35. The summed E-state index contributed by atoms with van der Waals surface area (Å²) in [6, 6.07) is 4.26. The van der Waals surface area contributed by atoms with Crippen LogP contribution in [-0.2, 0) is 0 Å². The van der Waals surface area contributed by atoms with Crippen molar-refractivity contribution >= 4 is 11.8 Å². The number of hydrogen-bond donors (Lipinski definition) is 0. The molecule has 0 fully saturated rings. The van der Waals surface area contributed by atoms with Crippen LogP contribution in [0.15, 0.2) is 17.0 Å². The molecule has 1 heterocycles. The Kier molecular flexibility index (Phi) is 4.63. The minimum atomic E-state index is -4.79. The Balaban J connectivity index is 2.89. The third-order valence-corrected chi connectivity index (χ3v) is 2.87. The van der Waals surface area contributed by atoms with Crippen molar-refractivity contribution in [3.63, 3.8) is 0 Å². The third kappa shape index (κ3) is 4.53. The SMILES string of the molecule is CCCSc1ccc(OC(F)(F)F)nc1C#N. The molecule has 3 nitrogen and oxygen atoms in total. The summed E-state index contributed by atoms with van der Waals surface area (Å²) in [6.07, 6.45) is -3.89. The molecule has 0 aliphatic rings. The molecule has 0 saturated heterocycles. The number of nitrogens with zero attached hydrogens (tertiary/aromatic N) is 2. The fourth-order valence-electron chi connectivity index (χ4n) is 1.01. The van der Waals surface area contributed by atoms with Crippen LogP contribution in [0.1, 0.15) is 19.0 Å². The second kappa shape index (κ2) is 5.77. The van der Waals surface area contributed by atoms with Crippen LogP contribution >= 0.6 is 11.8 Å². The average Bonchev–Trinajstić information content (AvgIpc) is 2.25. The van der Waals surface area contributed by atoms with E-state index in [9.17, 15) is 13.2 Å². The highest BCUT2D eigenvalue weighted by Crippen LogP contribution is 2.26. The van der Waals surface area contributed by atoms with Gasteiger partial charge in [0.1, 0.15) is 6.07 Å². The Morgan fingerprint density at radius 2 is 2.18 bits per heavy atom. The molecule has 1 aromatic heterocycles. The first-order valence-electron chi connectivity index (χ1n) is 4.76. The van der Waals surface area contributed by atoms with Gasteiger partial charge in [0, 0.05) is 11.0 Å². The van der Waals surface area contributed by atoms with Crippen molar-refractivity contribution in [2.45, 2.75) is 24.6 Å². The zero-order valence-electron chi connectivity index (χ0n) is 8.91. The minimum absolute atomic E-state index is 0.0507. The van der Waals surface area contributed by atoms with Gasteiger partial charge in [0.05, 0.1) is 0 Å². The molecule has 17 heavy (non-hydrogen) atoms. The minimum Gasteiger partial charge on any atom is -0.388 e. The summed E-state index contributed by atoms with van der Waals surface area (Å²) in [5.41, 5.74) is -0.0507. The molecule has 92 valence electrons. The smallest absolute Gasteiger partial charge is 0.388 e. The Labute approximate surface area is 101 Å². The normalized spacial score (nSPS) is 11.0. The van der Waals surface area contributed by atoms with Crippen LogP contribution in [0.4, 0.5) is 13.2 Å². The summed E-state index contributed by atoms with van der Waals surface area (Å²) in [5.74, 6) is 0.158. The summed E-state index contributed by atoms with van der Waals surface area (Å²) >= 11 is 1.38. The Hall–Kier alpha value is -1.42. The van der Waals surface area contributed by atoms with Crippen molar-refractivity contribution < 1.29 is 17.9 Å². The van der Waals surface area contributed by atoms with E-state index in [1.807, 2.05) is 6.92 Å². The van der Waals surface area contributed by atoms with Crippen molar-refractivity contribution in [1.29, 1.82) is 5.26 Å². The largest absolute Gasteiger partial charge is 0.574 e. The monoisotopic (exact) mass is 262 g/mol. The standard InChI is InChI=1S/C10H9F3N2OS/c1-2-5-17-8-3-4-9(15-7(8)6-14)16-10(11,12)13/h3-4H,2,5H2,1H3. The highest BCUT2D eigenvalue weighted by molar-refractivity contribution is 7.99. The van der Waals surface area contributed by atoms with Gasteiger partial charge in [-0.2, -0.15) is 5.26 Å². The first-order chi connectivity index (χ1) is 7.96. The fourth-order valence-corrected chi connectivity index (χ4v) is 1.83. The van der Waals surface area contributed by atoms with Crippen LogP contribution in [0.2, 0.25) is 0 Å². The Morgan fingerprint density at radius 3 is 2.71 bits per heavy atom. The lowest BCUT2D eigenvalue weighted by Gasteiger charge is -2.09. The molecule has 0 radical (unpaired) electrons. The van der Waals surface area contributed by atoms with E-state index in [4.69, 9.17) is 5.26 Å². The maximum atomic E-state index is 11.9. The number of pyridine rings is 1. The van der Waals surface area contributed by atoms with Crippen molar-refractivity contribution in [3.05, 3.63) is 17.8 Å². The highest BCUT2D eigenvalue weighted by Gasteiger charge is 2.32. The first kappa shape index (κ1) is 13.6. The summed E-state index contributed by atoms with van der Waals surface area (Å²) in [4.78, 5) is 4.06. The second-order valence-corrected chi connectivity index (χ2v) is 4.14. The van der Waals surface area contributed by atoms with Gasteiger partial charge < -0.3 is 4.74 Å². The van der Waals surface area contributed by atoms with Crippen LogP contribution in [-0.4, -0.2) is 17.1 Å². The molecule has 1 rings (SSSR count). The molecular formula is C10H9F3N2OS. The quantitative estimate of drug-likeness (QED) is 0.780. The van der Waals surface area contributed by atoms with Crippen LogP contribution in [0.5, 0.6) is 5.88 Å². The van der Waals surface area contributed by atoms with Gasteiger partial charge in [0.25, 0.3) is 0 Å². The number of rotatable bonds is 4. The van der Waals surface area contributed by atoms with E-state index in [2.05, 4.69) is 9.72 Å². The van der Waals surface area contributed by atoms with E-state index >= 15 is 0 Å². The number of aromatic nitrogens is 1. The molecular weight excluding hydrogens is 253 g/mol. The molecule has 0 aliphatic carbocycles. The van der Waals surface area contributed by atoms with E-state index in [-0.39, 0.29) is 5.69 Å². The zero-order chi connectivity index (χ0) is 12.9. The number of hydrogen-bond acceptors (Lipinski definition) is 4. The van der Waals surface area contributed by atoms with E-state index in [1.165, 1.54) is 17.8 Å². The van der Waals surface area contributed by atoms with E-state index in [0.29, 0.717) is 4.90 Å². The predicted molar refractivity (Wildman–Crippen MR) is 56.7 cm³/mol.